The van der Waals surface area contributed by atoms with E-state index in [1.54, 1.807) is 6.92 Å². The van der Waals surface area contributed by atoms with E-state index in [-0.39, 0.29) is 19.8 Å². The average molecular weight is 146 g/mol. The van der Waals surface area contributed by atoms with Crippen LogP contribution in [0.15, 0.2) is 0 Å². The van der Waals surface area contributed by atoms with Gasteiger partial charge in [0.2, 0.25) is 0 Å². The molecule has 58 valence electrons. The Morgan fingerprint density at radius 3 is 2.50 bits per heavy atom. The molecule has 0 aromatic carbocycles. The minimum absolute atomic E-state index is 0.0275. The van der Waals surface area contributed by atoms with Crippen molar-refractivity contribution in [3.8, 4) is 0 Å². The average Bonchev–Trinajstić information content (AvgIpc) is 1.96. The number of carbonyl (C=O) groups excluding carboxylic acids is 1. The van der Waals surface area contributed by atoms with E-state index in [9.17, 15) is 4.79 Å². The van der Waals surface area contributed by atoms with E-state index in [1.165, 1.54) is 0 Å². The monoisotopic (exact) mass is 146 g/mol. The number of aliphatic hydroxyl groups excluding tert-OH is 1. The van der Waals surface area contributed by atoms with Gasteiger partial charge >= 0.3 is 6.16 Å². The van der Waals surface area contributed by atoms with Crippen molar-refractivity contribution in [3.05, 3.63) is 0 Å². The molecule has 0 unspecified atom stereocenters. The molecule has 1 heterocycles. The number of carbonyl (C=O) groups is 1. The Morgan fingerprint density at radius 2 is 2.10 bits per heavy atom. The Labute approximate surface area is 58.7 Å². The van der Waals surface area contributed by atoms with Gasteiger partial charge in [-0.05, 0) is 0 Å². The van der Waals surface area contributed by atoms with Crippen molar-refractivity contribution < 1.29 is 19.4 Å². The Hall–Kier alpha value is -0.770. The first-order chi connectivity index (χ1) is 4.66. The van der Waals surface area contributed by atoms with Crippen molar-refractivity contribution >= 4 is 6.16 Å². The van der Waals surface area contributed by atoms with Gasteiger partial charge in [-0.1, -0.05) is 6.92 Å². The lowest BCUT2D eigenvalue weighted by molar-refractivity contribution is -0.0714. The number of hydrogen-bond donors (Lipinski definition) is 1. The molecular formula is C6H10O4. The Bertz CT molecular complexity index is 133. The van der Waals surface area contributed by atoms with Gasteiger partial charge in [-0.15, -0.1) is 0 Å². The van der Waals surface area contributed by atoms with E-state index in [0.29, 0.717) is 0 Å². The molecule has 0 spiro atoms. The van der Waals surface area contributed by atoms with E-state index in [1.807, 2.05) is 0 Å². The molecule has 0 atom stereocenters. The molecule has 1 N–H and O–H groups in total. The van der Waals surface area contributed by atoms with Crippen LogP contribution in [0.5, 0.6) is 0 Å². The summed E-state index contributed by atoms with van der Waals surface area (Å²) in [5, 5.41) is 8.77. The lowest BCUT2D eigenvalue weighted by Gasteiger charge is -2.29. The lowest BCUT2D eigenvalue weighted by atomic mass is 9.94. The van der Waals surface area contributed by atoms with E-state index in [2.05, 4.69) is 9.47 Å². The molecule has 0 radical (unpaired) electrons. The van der Waals surface area contributed by atoms with E-state index in [4.69, 9.17) is 5.11 Å². The van der Waals surface area contributed by atoms with E-state index >= 15 is 0 Å². The second-order valence-electron chi connectivity index (χ2n) is 2.80. The summed E-state index contributed by atoms with van der Waals surface area (Å²) in [7, 11) is 0. The highest BCUT2D eigenvalue weighted by molar-refractivity contribution is 5.60. The predicted molar refractivity (Wildman–Crippen MR) is 32.5 cm³/mol. The summed E-state index contributed by atoms with van der Waals surface area (Å²) in [5.41, 5.74) is -0.409. The van der Waals surface area contributed by atoms with Crippen LogP contribution in [0.25, 0.3) is 0 Å². The zero-order valence-electron chi connectivity index (χ0n) is 5.79. The molecule has 10 heavy (non-hydrogen) atoms. The maximum atomic E-state index is 10.3. The Balaban J connectivity index is 2.46. The molecule has 0 aliphatic carbocycles. The van der Waals surface area contributed by atoms with Crippen LogP contribution < -0.4 is 0 Å². The topological polar surface area (TPSA) is 55.8 Å². The van der Waals surface area contributed by atoms with Crippen LogP contribution in [-0.2, 0) is 9.47 Å². The van der Waals surface area contributed by atoms with Crippen molar-refractivity contribution in [1.82, 2.24) is 0 Å². The number of hydrogen-bond acceptors (Lipinski definition) is 4. The summed E-state index contributed by atoms with van der Waals surface area (Å²) in [6, 6.07) is 0. The minimum atomic E-state index is -0.647. The quantitative estimate of drug-likeness (QED) is 0.535. The fourth-order valence-electron chi connectivity index (χ4n) is 0.641. The van der Waals surface area contributed by atoms with Crippen molar-refractivity contribution in [2.45, 2.75) is 6.92 Å². The van der Waals surface area contributed by atoms with Gasteiger partial charge in [0.25, 0.3) is 0 Å². The number of ether oxygens (including phenoxy) is 2. The van der Waals surface area contributed by atoms with Crippen LogP contribution >= 0.6 is 0 Å². The van der Waals surface area contributed by atoms with Crippen LogP contribution in [-0.4, -0.2) is 31.1 Å². The predicted octanol–water partition coefficient (Wildman–Crippen LogP) is 0.152. The molecule has 1 fully saturated rings. The van der Waals surface area contributed by atoms with Gasteiger partial charge in [0, 0.05) is 0 Å². The third kappa shape index (κ3) is 1.39. The Morgan fingerprint density at radius 1 is 1.60 bits per heavy atom. The van der Waals surface area contributed by atoms with Gasteiger partial charge in [0.05, 0.1) is 12.0 Å². The van der Waals surface area contributed by atoms with Crippen LogP contribution in [0.2, 0.25) is 0 Å². The van der Waals surface area contributed by atoms with Crippen molar-refractivity contribution in [3.63, 3.8) is 0 Å². The normalized spacial score (nSPS) is 23.2. The van der Waals surface area contributed by atoms with Crippen molar-refractivity contribution in [2.75, 3.05) is 19.8 Å². The van der Waals surface area contributed by atoms with Gasteiger partial charge in [0.15, 0.2) is 0 Å². The van der Waals surface area contributed by atoms with Crippen LogP contribution in [0, 0.1) is 5.41 Å². The van der Waals surface area contributed by atoms with Gasteiger partial charge < -0.3 is 14.6 Å². The molecule has 0 saturated carbocycles. The fourth-order valence-corrected chi connectivity index (χ4v) is 0.641. The lowest BCUT2D eigenvalue weighted by Crippen LogP contribution is -2.39. The molecular weight excluding hydrogens is 136 g/mol. The van der Waals surface area contributed by atoms with E-state index < -0.39 is 11.6 Å². The SMILES string of the molecule is CC1(CO)COC(=O)OC1. The molecule has 1 rings (SSSR count). The first kappa shape index (κ1) is 7.34. The highest BCUT2D eigenvalue weighted by Crippen LogP contribution is 2.20. The molecule has 4 nitrogen and oxygen atoms in total. The number of cyclic esters (lactones) is 2. The summed E-state index contributed by atoms with van der Waals surface area (Å²) in [6.45, 7) is 2.24. The largest absolute Gasteiger partial charge is 0.508 e. The van der Waals surface area contributed by atoms with Crippen molar-refractivity contribution in [1.29, 1.82) is 0 Å². The summed E-state index contributed by atoms with van der Waals surface area (Å²) >= 11 is 0. The molecule has 0 aromatic rings. The maximum Gasteiger partial charge on any atom is 0.508 e. The van der Waals surface area contributed by atoms with Crippen molar-refractivity contribution in [2.24, 2.45) is 5.41 Å². The maximum absolute atomic E-state index is 10.3. The summed E-state index contributed by atoms with van der Waals surface area (Å²) in [4.78, 5) is 10.3. The smallest absolute Gasteiger partial charge is 0.433 e. The number of aliphatic hydroxyl groups is 1. The third-order valence-corrected chi connectivity index (χ3v) is 1.46. The van der Waals surface area contributed by atoms with Gasteiger partial charge in [-0.3, -0.25) is 0 Å². The molecule has 0 aromatic heterocycles. The van der Waals surface area contributed by atoms with Gasteiger partial charge in [0.1, 0.15) is 13.2 Å². The molecule has 0 amide bonds. The zero-order chi connectivity index (χ0) is 7.61. The zero-order valence-corrected chi connectivity index (χ0v) is 5.79. The molecule has 1 aliphatic heterocycles. The molecule has 1 saturated heterocycles. The third-order valence-electron chi connectivity index (χ3n) is 1.46. The highest BCUT2D eigenvalue weighted by atomic mass is 16.7. The van der Waals surface area contributed by atoms with Crippen LogP contribution in [0.1, 0.15) is 6.92 Å². The fraction of sp³-hybridized carbons (Fsp3) is 0.833. The molecule has 4 heteroatoms. The number of rotatable bonds is 1. The van der Waals surface area contributed by atoms with Gasteiger partial charge in [-0.25, -0.2) is 4.79 Å². The second-order valence-corrected chi connectivity index (χ2v) is 2.80. The molecule has 1 aliphatic rings. The highest BCUT2D eigenvalue weighted by Gasteiger charge is 2.32. The second kappa shape index (κ2) is 2.46. The standard InChI is InChI=1S/C6H10O4/c1-6(2-7)3-9-5(8)10-4-6/h7H,2-4H2,1H3. The first-order valence-electron chi connectivity index (χ1n) is 3.07. The summed E-state index contributed by atoms with van der Waals surface area (Å²) < 4.78 is 9.13. The Kier molecular flexibility index (Phi) is 1.80. The van der Waals surface area contributed by atoms with E-state index in [0.717, 1.165) is 0 Å². The summed E-state index contributed by atoms with van der Waals surface area (Å²) in [5.74, 6) is 0. The van der Waals surface area contributed by atoms with Crippen LogP contribution in [0.4, 0.5) is 4.79 Å². The minimum Gasteiger partial charge on any atom is -0.433 e. The van der Waals surface area contributed by atoms with Gasteiger partial charge in [-0.2, -0.15) is 0 Å². The van der Waals surface area contributed by atoms with Crippen LogP contribution in [0.3, 0.4) is 0 Å². The molecule has 0 bridgehead atoms. The first-order valence-corrected chi connectivity index (χ1v) is 3.07. The summed E-state index contributed by atoms with van der Waals surface area (Å²) in [6.07, 6.45) is -0.647.